The highest BCUT2D eigenvalue weighted by Gasteiger charge is 2.11. The van der Waals surface area contributed by atoms with Crippen LogP contribution in [-0.2, 0) is 0 Å². The molecule has 0 amide bonds. The molecule has 0 spiro atoms. The van der Waals surface area contributed by atoms with Gasteiger partial charge in [0.25, 0.3) is 0 Å². The van der Waals surface area contributed by atoms with Crippen LogP contribution in [0.3, 0.4) is 0 Å². The fourth-order valence-corrected chi connectivity index (χ4v) is 2.18. The lowest BCUT2D eigenvalue weighted by Gasteiger charge is -2.20. The van der Waals surface area contributed by atoms with Gasteiger partial charge in [0.15, 0.2) is 0 Å². The Bertz CT molecular complexity index is 665. The van der Waals surface area contributed by atoms with Crippen LogP contribution in [0, 0.1) is 0 Å². The van der Waals surface area contributed by atoms with Crippen molar-refractivity contribution in [3.8, 4) is 16.9 Å². The molecule has 0 aliphatic carbocycles. The maximum absolute atomic E-state index is 11.1. The van der Waals surface area contributed by atoms with Gasteiger partial charge in [-0.05, 0) is 62.0 Å². The molecule has 2 N–H and O–H groups in total. The average Bonchev–Trinajstić information content (AvgIpc) is 2.45. The maximum Gasteiger partial charge on any atom is 0.335 e. The minimum Gasteiger partial charge on any atom is -0.508 e. The standard InChI is InChI=1S/C17H19NO3/c1-11(18(2)3)12-5-4-6-13(7-12)14-8-15(17(20)21)10-16(19)9-14/h4-11,19H,1-3H3,(H,20,21)/t11-/m0/s1. The summed E-state index contributed by atoms with van der Waals surface area (Å²) in [5, 5.41) is 18.8. The van der Waals surface area contributed by atoms with Crippen molar-refractivity contribution in [1.29, 1.82) is 0 Å². The molecule has 0 saturated carbocycles. The van der Waals surface area contributed by atoms with Crippen molar-refractivity contribution in [2.75, 3.05) is 14.1 Å². The van der Waals surface area contributed by atoms with Crippen LogP contribution in [0.1, 0.15) is 28.9 Å². The highest BCUT2D eigenvalue weighted by Crippen LogP contribution is 2.28. The van der Waals surface area contributed by atoms with Gasteiger partial charge in [0, 0.05) is 6.04 Å². The molecule has 0 saturated heterocycles. The largest absolute Gasteiger partial charge is 0.508 e. The summed E-state index contributed by atoms with van der Waals surface area (Å²) in [6.07, 6.45) is 0. The summed E-state index contributed by atoms with van der Waals surface area (Å²) in [5.74, 6) is -1.10. The Hall–Kier alpha value is -2.33. The minimum absolute atomic E-state index is 0.0454. The molecular weight excluding hydrogens is 266 g/mol. The van der Waals surface area contributed by atoms with E-state index in [0.717, 1.165) is 11.1 Å². The summed E-state index contributed by atoms with van der Waals surface area (Å²) in [7, 11) is 4.02. The Morgan fingerprint density at radius 1 is 1.10 bits per heavy atom. The van der Waals surface area contributed by atoms with E-state index in [0.29, 0.717) is 5.56 Å². The lowest BCUT2D eigenvalue weighted by atomic mass is 9.98. The fraction of sp³-hybridized carbons (Fsp3) is 0.235. The monoisotopic (exact) mass is 285 g/mol. The van der Waals surface area contributed by atoms with Crippen LogP contribution >= 0.6 is 0 Å². The van der Waals surface area contributed by atoms with E-state index in [-0.39, 0.29) is 17.4 Å². The third kappa shape index (κ3) is 3.41. The minimum atomic E-state index is -1.05. The van der Waals surface area contributed by atoms with Crippen molar-refractivity contribution in [1.82, 2.24) is 4.90 Å². The molecular formula is C17H19NO3. The van der Waals surface area contributed by atoms with Crippen molar-refractivity contribution in [2.24, 2.45) is 0 Å². The number of phenolic OH excluding ortho intramolecular Hbond substituents is 1. The summed E-state index contributed by atoms with van der Waals surface area (Å²) in [5.41, 5.74) is 2.80. The lowest BCUT2D eigenvalue weighted by Crippen LogP contribution is -2.16. The summed E-state index contributed by atoms with van der Waals surface area (Å²) in [6, 6.07) is 12.5. The second-order valence-electron chi connectivity index (χ2n) is 5.34. The molecule has 0 heterocycles. The molecule has 21 heavy (non-hydrogen) atoms. The number of phenols is 1. The van der Waals surface area contributed by atoms with E-state index in [1.807, 2.05) is 38.4 Å². The number of hydrogen-bond acceptors (Lipinski definition) is 3. The molecule has 2 aromatic carbocycles. The number of nitrogens with zero attached hydrogens (tertiary/aromatic N) is 1. The smallest absolute Gasteiger partial charge is 0.335 e. The Morgan fingerprint density at radius 3 is 2.43 bits per heavy atom. The Balaban J connectivity index is 2.47. The SMILES string of the molecule is C[C@@H](c1cccc(-c2cc(O)cc(C(=O)O)c2)c1)N(C)C. The molecule has 0 aromatic heterocycles. The van der Waals surface area contributed by atoms with E-state index < -0.39 is 5.97 Å². The van der Waals surface area contributed by atoms with E-state index in [9.17, 15) is 9.90 Å². The normalized spacial score (nSPS) is 12.4. The van der Waals surface area contributed by atoms with Gasteiger partial charge in [0.1, 0.15) is 5.75 Å². The van der Waals surface area contributed by atoms with E-state index >= 15 is 0 Å². The number of carbonyl (C=O) groups is 1. The van der Waals surface area contributed by atoms with E-state index in [4.69, 9.17) is 5.11 Å². The molecule has 4 heteroatoms. The van der Waals surface area contributed by atoms with Gasteiger partial charge in [-0.1, -0.05) is 18.2 Å². The van der Waals surface area contributed by atoms with Crippen LogP contribution in [-0.4, -0.2) is 35.2 Å². The topological polar surface area (TPSA) is 60.8 Å². The molecule has 1 atom stereocenters. The van der Waals surface area contributed by atoms with Gasteiger partial charge in [0.2, 0.25) is 0 Å². The van der Waals surface area contributed by atoms with Crippen LogP contribution in [0.25, 0.3) is 11.1 Å². The average molecular weight is 285 g/mol. The van der Waals surface area contributed by atoms with Gasteiger partial charge in [0.05, 0.1) is 5.56 Å². The van der Waals surface area contributed by atoms with E-state index in [1.54, 1.807) is 12.1 Å². The van der Waals surface area contributed by atoms with Crippen LogP contribution in [0.15, 0.2) is 42.5 Å². The van der Waals surface area contributed by atoms with Crippen molar-refractivity contribution in [3.05, 3.63) is 53.6 Å². The molecule has 2 aromatic rings. The zero-order valence-electron chi connectivity index (χ0n) is 12.4. The number of aromatic carboxylic acids is 1. The zero-order chi connectivity index (χ0) is 15.6. The van der Waals surface area contributed by atoms with E-state index in [1.165, 1.54) is 6.07 Å². The molecule has 0 fully saturated rings. The number of carboxylic acid groups (broad SMARTS) is 1. The molecule has 0 aliphatic heterocycles. The quantitative estimate of drug-likeness (QED) is 0.904. The van der Waals surface area contributed by atoms with Crippen LogP contribution in [0.5, 0.6) is 5.75 Å². The van der Waals surface area contributed by atoms with Crippen molar-refractivity contribution < 1.29 is 15.0 Å². The Morgan fingerprint density at radius 2 is 1.81 bits per heavy atom. The number of hydrogen-bond donors (Lipinski definition) is 2. The maximum atomic E-state index is 11.1. The Labute approximate surface area is 124 Å². The Kier molecular flexibility index (Phi) is 4.29. The number of aromatic hydroxyl groups is 1. The highest BCUT2D eigenvalue weighted by atomic mass is 16.4. The third-order valence-electron chi connectivity index (χ3n) is 3.64. The zero-order valence-corrected chi connectivity index (χ0v) is 12.4. The molecule has 0 aliphatic rings. The second kappa shape index (κ2) is 5.97. The highest BCUT2D eigenvalue weighted by molar-refractivity contribution is 5.90. The first-order valence-electron chi connectivity index (χ1n) is 6.72. The fourth-order valence-electron chi connectivity index (χ4n) is 2.18. The first kappa shape index (κ1) is 15.1. The summed E-state index contributed by atoms with van der Waals surface area (Å²) < 4.78 is 0. The van der Waals surface area contributed by atoms with Gasteiger partial charge >= 0.3 is 5.97 Å². The first-order chi connectivity index (χ1) is 9.88. The summed E-state index contributed by atoms with van der Waals surface area (Å²) >= 11 is 0. The number of rotatable bonds is 4. The first-order valence-corrected chi connectivity index (χ1v) is 6.72. The molecule has 2 rings (SSSR count). The van der Waals surface area contributed by atoms with Gasteiger partial charge in [-0.15, -0.1) is 0 Å². The third-order valence-corrected chi connectivity index (χ3v) is 3.64. The van der Waals surface area contributed by atoms with Gasteiger partial charge in [-0.2, -0.15) is 0 Å². The van der Waals surface area contributed by atoms with E-state index in [2.05, 4.69) is 11.8 Å². The predicted molar refractivity (Wildman–Crippen MR) is 82.6 cm³/mol. The van der Waals surface area contributed by atoms with Gasteiger partial charge in [-0.25, -0.2) is 4.79 Å². The number of benzene rings is 2. The van der Waals surface area contributed by atoms with Gasteiger partial charge < -0.3 is 15.1 Å². The number of carboxylic acids is 1. The molecule has 0 unspecified atom stereocenters. The second-order valence-corrected chi connectivity index (χ2v) is 5.34. The lowest BCUT2D eigenvalue weighted by molar-refractivity contribution is 0.0696. The van der Waals surface area contributed by atoms with Crippen LogP contribution in [0.2, 0.25) is 0 Å². The predicted octanol–water partition coefficient (Wildman–Crippen LogP) is 3.38. The molecule has 110 valence electrons. The van der Waals surface area contributed by atoms with Crippen molar-refractivity contribution in [3.63, 3.8) is 0 Å². The van der Waals surface area contributed by atoms with Crippen LogP contribution < -0.4 is 0 Å². The molecule has 4 nitrogen and oxygen atoms in total. The summed E-state index contributed by atoms with van der Waals surface area (Å²) in [6.45, 7) is 2.10. The van der Waals surface area contributed by atoms with Crippen molar-refractivity contribution in [2.45, 2.75) is 13.0 Å². The van der Waals surface area contributed by atoms with Crippen molar-refractivity contribution >= 4 is 5.97 Å². The van der Waals surface area contributed by atoms with Gasteiger partial charge in [-0.3, -0.25) is 0 Å². The molecule has 0 bridgehead atoms. The molecule has 0 radical (unpaired) electrons. The summed E-state index contributed by atoms with van der Waals surface area (Å²) in [4.78, 5) is 13.2. The van der Waals surface area contributed by atoms with Crippen LogP contribution in [0.4, 0.5) is 0 Å².